The number of anilines is 1. The van der Waals surface area contributed by atoms with Gasteiger partial charge in [-0.15, -0.1) is 0 Å². The van der Waals surface area contributed by atoms with E-state index in [4.69, 9.17) is 16.3 Å². The van der Waals surface area contributed by atoms with Gasteiger partial charge < -0.3 is 46.9 Å². The van der Waals surface area contributed by atoms with Gasteiger partial charge in [-0.3, -0.25) is 38.9 Å². The molecule has 2 heterocycles. The van der Waals surface area contributed by atoms with Crippen molar-refractivity contribution in [2.45, 2.75) is 50.9 Å². The summed E-state index contributed by atoms with van der Waals surface area (Å²) in [4.78, 5) is 100. The van der Waals surface area contributed by atoms with Crippen LogP contribution in [0.4, 0.5) is 10.5 Å². The number of fused-ring (bicyclic) bond motifs is 1. The topological polar surface area (TPSA) is 245 Å². The van der Waals surface area contributed by atoms with Crippen LogP contribution < -0.4 is 42.5 Å². The summed E-state index contributed by atoms with van der Waals surface area (Å²) >= 11 is 6.46. The molecule has 5 rings (SSSR count). The summed E-state index contributed by atoms with van der Waals surface area (Å²) in [5.41, 5.74) is 3.94. The normalized spacial score (nSPS) is 15.1. The van der Waals surface area contributed by atoms with Gasteiger partial charge in [-0.25, -0.2) is 4.79 Å². The van der Waals surface area contributed by atoms with E-state index in [2.05, 4.69) is 42.5 Å². The Morgan fingerprint density at radius 3 is 2.37 bits per heavy atom. The minimum atomic E-state index is -0.997. The summed E-state index contributed by atoms with van der Waals surface area (Å²) in [5.74, 6) is -3.14. The fraction of sp³-hybridized carbons (Fsp3) is 0.350. The first-order valence-electron chi connectivity index (χ1n) is 18.9. The van der Waals surface area contributed by atoms with Gasteiger partial charge in [0.2, 0.25) is 35.4 Å². The first kappa shape index (κ1) is 43.7. The Hall–Kier alpha value is -6.37. The molecule has 1 fully saturated rings. The van der Waals surface area contributed by atoms with Gasteiger partial charge in [-0.05, 0) is 60.3 Å². The maximum atomic E-state index is 13.0. The minimum Gasteiger partial charge on any atom is -0.361 e. The second-order valence-corrected chi connectivity index (χ2v) is 14.1. The van der Waals surface area contributed by atoms with Crippen LogP contribution in [0.25, 0.3) is 0 Å². The van der Waals surface area contributed by atoms with Crippen LogP contribution in [0, 0.1) is 0 Å². The molecular weight excluding hydrogens is 786 g/mol. The van der Waals surface area contributed by atoms with Gasteiger partial charge in [0, 0.05) is 42.2 Å². The number of rotatable bonds is 19. The third kappa shape index (κ3) is 13.1. The standard InChI is InChI=1S/C40H46ClN9O9/c1-42-19-34(52)43-21-36(54)48-31(16-24-5-3-2-4-6-24)37(55)44-20-35(53)46-23-59-14-13-26-8-9-28(17-30(26)41)47-40(58)45-18-25-7-10-29-27(15-25)22-50(39(29)57)32-11-12-33(51)49-38(32)56/h2-10,15,17,31-32,42H,11-14,16,18-23H2,1H3,(H,43,52)(H,44,55)(H,46,53)(H,48,54)(H2,45,47,58)(H,49,51,56)/t31-,32?/m0/s1. The lowest BCUT2D eigenvalue weighted by atomic mass is 10.0. The van der Waals surface area contributed by atoms with E-state index in [1.807, 2.05) is 12.1 Å². The maximum absolute atomic E-state index is 13.0. The van der Waals surface area contributed by atoms with E-state index < -0.39 is 41.7 Å². The molecule has 0 aromatic heterocycles. The molecule has 3 aromatic rings. The van der Waals surface area contributed by atoms with Gasteiger partial charge in [-0.2, -0.15) is 0 Å². The number of hydrogen-bond donors (Lipinski definition) is 8. The highest BCUT2D eigenvalue weighted by Crippen LogP contribution is 2.28. The van der Waals surface area contributed by atoms with Gasteiger partial charge in [0.25, 0.3) is 5.91 Å². The Morgan fingerprint density at radius 2 is 1.63 bits per heavy atom. The summed E-state index contributed by atoms with van der Waals surface area (Å²) in [5, 5.41) is 21.0. The molecule has 9 amide bonds. The predicted octanol–water partition coefficient (Wildman–Crippen LogP) is 0.235. The molecule has 0 bridgehead atoms. The van der Waals surface area contributed by atoms with Gasteiger partial charge >= 0.3 is 6.03 Å². The molecule has 2 atom stereocenters. The lowest BCUT2D eigenvalue weighted by Gasteiger charge is -2.29. The largest absolute Gasteiger partial charge is 0.361 e. The lowest BCUT2D eigenvalue weighted by Crippen LogP contribution is -2.52. The molecule has 0 spiro atoms. The summed E-state index contributed by atoms with van der Waals surface area (Å²) in [6.07, 6.45) is 1.00. The van der Waals surface area contributed by atoms with Gasteiger partial charge in [0.1, 0.15) is 18.8 Å². The number of carbonyl (C=O) groups excluding carboxylic acids is 8. The second kappa shape index (κ2) is 21.4. The molecule has 1 unspecified atom stereocenters. The quantitative estimate of drug-likeness (QED) is 0.0465. The van der Waals surface area contributed by atoms with Crippen molar-refractivity contribution in [3.05, 3.63) is 99.6 Å². The van der Waals surface area contributed by atoms with Crippen LogP contribution in [0.2, 0.25) is 5.02 Å². The molecule has 0 aliphatic carbocycles. The SMILES string of the molecule is CNCC(=O)NCC(=O)N[C@@H](Cc1ccccc1)C(=O)NCC(=O)NCOCCc1ccc(NC(=O)NCc2ccc3c(c2)CN(C2CCC(=O)NC2=O)C3=O)cc1Cl. The Labute approximate surface area is 344 Å². The van der Waals surface area contributed by atoms with E-state index >= 15 is 0 Å². The number of carbonyl (C=O) groups is 8. The summed E-state index contributed by atoms with van der Waals surface area (Å²) in [6, 6.07) is 17.1. The van der Waals surface area contributed by atoms with Crippen molar-refractivity contribution in [1.29, 1.82) is 0 Å². The highest BCUT2D eigenvalue weighted by Gasteiger charge is 2.39. The van der Waals surface area contributed by atoms with E-state index in [0.29, 0.717) is 22.7 Å². The van der Waals surface area contributed by atoms with Crippen molar-refractivity contribution in [2.75, 3.05) is 45.3 Å². The molecule has 2 aliphatic heterocycles. The number of hydrogen-bond acceptors (Lipinski definition) is 10. The Morgan fingerprint density at radius 1 is 0.864 bits per heavy atom. The molecule has 2 aliphatic rings. The summed E-state index contributed by atoms with van der Waals surface area (Å²) < 4.78 is 5.53. The van der Waals surface area contributed by atoms with Crippen LogP contribution in [-0.4, -0.2) is 104 Å². The first-order chi connectivity index (χ1) is 28.4. The molecular formula is C40H46ClN9O9. The van der Waals surface area contributed by atoms with Gasteiger partial charge in [0.15, 0.2) is 0 Å². The number of nitrogens with zero attached hydrogens (tertiary/aromatic N) is 1. The molecule has 0 radical (unpaired) electrons. The zero-order valence-corrected chi connectivity index (χ0v) is 33.0. The molecule has 59 heavy (non-hydrogen) atoms. The van der Waals surface area contributed by atoms with Crippen LogP contribution in [0.5, 0.6) is 0 Å². The minimum absolute atomic E-state index is 0.0344. The lowest BCUT2D eigenvalue weighted by molar-refractivity contribution is -0.137. The van der Waals surface area contributed by atoms with E-state index in [9.17, 15) is 38.4 Å². The highest BCUT2D eigenvalue weighted by atomic mass is 35.5. The third-order valence-electron chi connectivity index (χ3n) is 9.38. The Balaban J connectivity index is 0.989. The van der Waals surface area contributed by atoms with E-state index in [1.165, 1.54) is 4.90 Å². The van der Waals surface area contributed by atoms with E-state index in [-0.39, 0.29) is 83.0 Å². The Kier molecular flexibility index (Phi) is 15.9. The van der Waals surface area contributed by atoms with Crippen molar-refractivity contribution < 1.29 is 43.1 Å². The number of amides is 9. The number of likely N-dealkylation sites (N-methyl/N-ethyl adjacent to an activating group) is 1. The average Bonchev–Trinajstić information content (AvgIpc) is 3.53. The number of halogens is 1. The van der Waals surface area contributed by atoms with Crippen molar-refractivity contribution in [2.24, 2.45) is 0 Å². The Bertz CT molecular complexity index is 2070. The fourth-order valence-corrected chi connectivity index (χ4v) is 6.64. The van der Waals surface area contributed by atoms with Gasteiger partial charge in [0.05, 0.1) is 26.2 Å². The van der Waals surface area contributed by atoms with Crippen molar-refractivity contribution >= 4 is 64.7 Å². The number of nitrogens with one attached hydrogen (secondary N) is 8. The van der Waals surface area contributed by atoms with E-state index in [0.717, 1.165) is 22.3 Å². The molecule has 18 nitrogen and oxygen atoms in total. The van der Waals surface area contributed by atoms with Crippen molar-refractivity contribution in [3.8, 4) is 0 Å². The van der Waals surface area contributed by atoms with Crippen molar-refractivity contribution in [1.82, 2.24) is 42.1 Å². The predicted molar refractivity (Wildman–Crippen MR) is 214 cm³/mol. The van der Waals surface area contributed by atoms with Crippen LogP contribution in [0.15, 0.2) is 66.7 Å². The van der Waals surface area contributed by atoms with Crippen LogP contribution in [-0.2, 0) is 59.4 Å². The smallest absolute Gasteiger partial charge is 0.319 e. The van der Waals surface area contributed by atoms with Crippen molar-refractivity contribution in [3.63, 3.8) is 0 Å². The third-order valence-corrected chi connectivity index (χ3v) is 9.73. The average molecular weight is 832 g/mol. The van der Waals surface area contributed by atoms with Crippen LogP contribution in [0.1, 0.15) is 45.5 Å². The maximum Gasteiger partial charge on any atom is 0.319 e. The number of imide groups is 1. The molecule has 312 valence electrons. The van der Waals surface area contributed by atoms with Gasteiger partial charge in [-0.1, -0.05) is 60.1 Å². The molecule has 19 heteroatoms. The summed E-state index contributed by atoms with van der Waals surface area (Å²) in [6.45, 7) is -0.184. The number of piperidine rings is 1. The van der Waals surface area contributed by atoms with Crippen LogP contribution in [0.3, 0.4) is 0 Å². The number of urea groups is 1. The molecule has 3 aromatic carbocycles. The monoisotopic (exact) mass is 831 g/mol. The number of ether oxygens (including phenoxy) is 1. The van der Waals surface area contributed by atoms with Crippen LogP contribution >= 0.6 is 11.6 Å². The zero-order valence-electron chi connectivity index (χ0n) is 32.3. The first-order valence-corrected chi connectivity index (χ1v) is 19.2. The zero-order chi connectivity index (χ0) is 42.3. The molecule has 8 N–H and O–H groups in total. The molecule has 0 saturated carbocycles. The summed E-state index contributed by atoms with van der Waals surface area (Å²) in [7, 11) is 1.60. The highest BCUT2D eigenvalue weighted by molar-refractivity contribution is 6.31. The molecule has 1 saturated heterocycles. The number of benzene rings is 3. The second-order valence-electron chi connectivity index (χ2n) is 13.7. The fourth-order valence-electron chi connectivity index (χ4n) is 6.37. The van der Waals surface area contributed by atoms with E-state index in [1.54, 1.807) is 61.6 Å².